The van der Waals surface area contributed by atoms with E-state index in [1.54, 1.807) is 11.8 Å². The average Bonchev–Trinajstić information content (AvgIpc) is 2.48. The number of hydrogen-bond acceptors (Lipinski definition) is 2. The van der Waals surface area contributed by atoms with Crippen LogP contribution in [0.1, 0.15) is 50.2 Å². The molecule has 0 saturated heterocycles. The van der Waals surface area contributed by atoms with Crippen LogP contribution < -0.4 is 5.32 Å². The molecule has 120 valence electrons. The molecule has 1 fully saturated rings. The van der Waals surface area contributed by atoms with Crippen molar-refractivity contribution in [2.45, 2.75) is 58.9 Å². The zero-order chi connectivity index (χ0) is 16.1. The Hall–Kier alpha value is -1.84. The first-order valence-electron chi connectivity index (χ1n) is 8.11. The van der Waals surface area contributed by atoms with Gasteiger partial charge >= 0.3 is 0 Å². The van der Waals surface area contributed by atoms with Gasteiger partial charge < -0.3 is 10.2 Å². The lowest BCUT2D eigenvalue weighted by atomic mass is 9.94. The standard InChI is InChI=1S/C18H26N2O2/c1-13-9-10-17(14(2)11-13)19-18(22)12-20(15(3)21)16-7-5-4-6-8-16/h9-11,16H,4-8,12H2,1-3H3,(H,19,22). The summed E-state index contributed by atoms with van der Waals surface area (Å²) >= 11 is 0. The van der Waals surface area contributed by atoms with Gasteiger partial charge in [0.05, 0.1) is 0 Å². The first-order chi connectivity index (χ1) is 10.5. The topological polar surface area (TPSA) is 49.4 Å². The SMILES string of the molecule is CC(=O)N(CC(=O)Nc1ccc(C)cc1C)C1CCCCC1. The largest absolute Gasteiger partial charge is 0.331 e. The molecule has 2 amide bonds. The molecule has 2 rings (SSSR count). The number of anilines is 1. The molecular formula is C18H26N2O2. The van der Waals surface area contributed by atoms with E-state index < -0.39 is 0 Å². The number of benzene rings is 1. The molecule has 0 unspecified atom stereocenters. The Balaban J connectivity index is 2.00. The number of aryl methyl sites for hydroxylation is 2. The maximum atomic E-state index is 12.3. The summed E-state index contributed by atoms with van der Waals surface area (Å²) in [5.74, 6) is -0.129. The fourth-order valence-electron chi connectivity index (χ4n) is 3.19. The molecule has 0 aliphatic heterocycles. The molecule has 4 nitrogen and oxygen atoms in total. The highest BCUT2D eigenvalue weighted by atomic mass is 16.2. The van der Waals surface area contributed by atoms with Crippen LogP contribution in [-0.4, -0.2) is 29.3 Å². The van der Waals surface area contributed by atoms with Gasteiger partial charge in [-0.3, -0.25) is 9.59 Å². The minimum Gasteiger partial charge on any atom is -0.331 e. The number of nitrogens with one attached hydrogen (secondary N) is 1. The lowest BCUT2D eigenvalue weighted by Gasteiger charge is -2.33. The van der Waals surface area contributed by atoms with E-state index in [1.807, 2.05) is 32.0 Å². The van der Waals surface area contributed by atoms with E-state index in [0.29, 0.717) is 0 Å². The van der Waals surface area contributed by atoms with Crippen LogP contribution in [0.3, 0.4) is 0 Å². The molecule has 22 heavy (non-hydrogen) atoms. The van der Waals surface area contributed by atoms with Crippen LogP contribution >= 0.6 is 0 Å². The van der Waals surface area contributed by atoms with Crippen molar-refractivity contribution in [2.75, 3.05) is 11.9 Å². The summed E-state index contributed by atoms with van der Waals surface area (Å²) in [6, 6.07) is 6.16. The quantitative estimate of drug-likeness (QED) is 0.926. The highest BCUT2D eigenvalue weighted by Gasteiger charge is 2.25. The van der Waals surface area contributed by atoms with E-state index in [9.17, 15) is 9.59 Å². The second-order valence-electron chi connectivity index (χ2n) is 6.31. The molecule has 4 heteroatoms. The van der Waals surface area contributed by atoms with Gasteiger partial charge in [-0.25, -0.2) is 0 Å². The molecule has 0 spiro atoms. The average molecular weight is 302 g/mol. The molecule has 1 saturated carbocycles. The summed E-state index contributed by atoms with van der Waals surface area (Å²) in [7, 11) is 0. The lowest BCUT2D eigenvalue weighted by molar-refractivity contribution is -0.135. The summed E-state index contributed by atoms with van der Waals surface area (Å²) < 4.78 is 0. The predicted octanol–water partition coefficient (Wildman–Crippen LogP) is 3.42. The van der Waals surface area contributed by atoms with E-state index in [4.69, 9.17) is 0 Å². The van der Waals surface area contributed by atoms with Crippen molar-refractivity contribution >= 4 is 17.5 Å². The highest BCUT2D eigenvalue weighted by molar-refractivity contribution is 5.95. The maximum absolute atomic E-state index is 12.3. The minimum absolute atomic E-state index is 0.0114. The van der Waals surface area contributed by atoms with Gasteiger partial charge in [0, 0.05) is 18.7 Å². The van der Waals surface area contributed by atoms with Crippen molar-refractivity contribution in [3.63, 3.8) is 0 Å². The van der Waals surface area contributed by atoms with Crippen LogP contribution in [-0.2, 0) is 9.59 Å². The zero-order valence-corrected chi connectivity index (χ0v) is 13.8. The molecule has 0 atom stereocenters. The first kappa shape index (κ1) is 16.5. The second kappa shape index (κ2) is 7.43. The van der Waals surface area contributed by atoms with Crippen LogP contribution in [0.15, 0.2) is 18.2 Å². The smallest absolute Gasteiger partial charge is 0.244 e. The van der Waals surface area contributed by atoms with Gasteiger partial charge in [0.1, 0.15) is 6.54 Å². The van der Waals surface area contributed by atoms with Gasteiger partial charge in [0.25, 0.3) is 0 Å². The maximum Gasteiger partial charge on any atom is 0.244 e. The van der Waals surface area contributed by atoms with Crippen molar-refractivity contribution in [1.29, 1.82) is 0 Å². The van der Waals surface area contributed by atoms with Gasteiger partial charge in [0.15, 0.2) is 0 Å². The summed E-state index contributed by atoms with van der Waals surface area (Å²) in [5, 5.41) is 2.93. The molecule has 0 heterocycles. The predicted molar refractivity (Wildman–Crippen MR) is 88.8 cm³/mol. The Labute approximate surface area is 132 Å². The number of nitrogens with zero attached hydrogens (tertiary/aromatic N) is 1. The molecule has 0 aromatic heterocycles. The van der Waals surface area contributed by atoms with Gasteiger partial charge in [-0.1, -0.05) is 37.0 Å². The molecule has 1 aliphatic carbocycles. The number of rotatable bonds is 4. The number of carbonyl (C=O) groups is 2. The van der Waals surface area contributed by atoms with Crippen molar-refractivity contribution in [1.82, 2.24) is 4.90 Å². The Morgan fingerprint density at radius 1 is 1.18 bits per heavy atom. The van der Waals surface area contributed by atoms with Crippen molar-refractivity contribution in [2.24, 2.45) is 0 Å². The molecule has 1 N–H and O–H groups in total. The van der Waals surface area contributed by atoms with Crippen LogP contribution in [0.25, 0.3) is 0 Å². The van der Waals surface area contributed by atoms with E-state index >= 15 is 0 Å². The Bertz CT molecular complexity index is 548. The van der Waals surface area contributed by atoms with Crippen LogP contribution in [0, 0.1) is 13.8 Å². The van der Waals surface area contributed by atoms with Crippen LogP contribution in [0.5, 0.6) is 0 Å². The van der Waals surface area contributed by atoms with Crippen molar-refractivity contribution < 1.29 is 9.59 Å². The third kappa shape index (κ3) is 4.33. The minimum atomic E-state index is -0.118. The number of hydrogen-bond donors (Lipinski definition) is 1. The van der Waals surface area contributed by atoms with Crippen LogP contribution in [0.2, 0.25) is 0 Å². The summed E-state index contributed by atoms with van der Waals surface area (Å²) in [6.07, 6.45) is 5.55. The molecular weight excluding hydrogens is 276 g/mol. The highest BCUT2D eigenvalue weighted by Crippen LogP contribution is 2.23. The van der Waals surface area contributed by atoms with Crippen molar-refractivity contribution in [3.8, 4) is 0 Å². The summed E-state index contributed by atoms with van der Waals surface area (Å²) in [6.45, 7) is 5.71. The molecule has 1 aromatic rings. The molecule has 1 aromatic carbocycles. The molecule has 0 radical (unpaired) electrons. The lowest BCUT2D eigenvalue weighted by Crippen LogP contribution is -2.44. The Kier molecular flexibility index (Phi) is 5.58. The normalized spacial score (nSPS) is 15.4. The van der Waals surface area contributed by atoms with E-state index in [-0.39, 0.29) is 24.4 Å². The van der Waals surface area contributed by atoms with Gasteiger partial charge in [-0.2, -0.15) is 0 Å². The van der Waals surface area contributed by atoms with Gasteiger partial charge in [-0.05, 0) is 38.3 Å². The third-order valence-electron chi connectivity index (χ3n) is 4.39. The van der Waals surface area contributed by atoms with Crippen LogP contribution in [0.4, 0.5) is 5.69 Å². The molecule has 1 aliphatic rings. The Morgan fingerprint density at radius 3 is 2.45 bits per heavy atom. The number of carbonyl (C=O) groups excluding carboxylic acids is 2. The Morgan fingerprint density at radius 2 is 1.86 bits per heavy atom. The summed E-state index contributed by atoms with van der Waals surface area (Å²) in [5.41, 5.74) is 3.03. The summed E-state index contributed by atoms with van der Waals surface area (Å²) in [4.78, 5) is 25.9. The fraction of sp³-hybridized carbons (Fsp3) is 0.556. The van der Waals surface area contributed by atoms with Gasteiger partial charge in [0.2, 0.25) is 11.8 Å². The molecule has 0 bridgehead atoms. The monoisotopic (exact) mass is 302 g/mol. The van der Waals surface area contributed by atoms with E-state index in [0.717, 1.165) is 36.9 Å². The second-order valence-corrected chi connectivity index (χ2v) is 6.31. The fourth-order valence-corrected chi connectivity index (χ4v) is 3.19. The van der Waals surface area contributed by atoms with E-state index in [1.165, 1.54) is 12.0 Å². The van der Waals surface area contributed by atoms with Crippen molar-refractivity contribution in [3.05, 3.63) is 29.3 Å². The van der Waals surface area contributed by atoms with E-state index in [2.05, 4.69) is 5.32 Å². The van der Waals surface area contributed by atoms with Gasteiger partial charge in [-0.15, -0.1) is 0 Å². The zero-order valence-electron chi connectivity index (χ0n) is 13.8. The first-order valence-corrected chi connectivity index (χ1v) is 8.11. The number of amides is 2. The third-order valence-corrected chi connectivity index (χ3v) is 4.39.